The van der Waals surface area contributed by atoms with Crippen molar-refractivity contribution in [2.75, 3.05) is 7.05 Å². The van der Waals surface area contributed by atoms with E-state index in [1.165, 1.54) is 13.1 Å². The quantitative estimate of drug-likeness (QED) is 0.680. The molecule has 0 spiro atoms. The van der Waals surface area contributed by atoms with Gasteiger partial charge in [-0.15, -0.1) is 0 Å². The van der Waals surface area contributed by atoms with Crippen LogP contribution in [0.1, 0.15) is 17.3 Å². The third-order valence-corrected chi connectivity index (χ3v) is 4.44. The average Bonchev–Trinajstić information content (AvgIpc) is 2.71. The lowest BCUT2D eigenvalue weighted by molar-refractivity contribution is -0.129. The van der Waals surface area contributed by atoms with E-state index in [9.17, 15) is 23.2 Å². The maximum absolute atomic E-state index is 13.6. The van der Waals surface area contributed by atoms with Crippen molar-refractivity contribution in [1.29, 1.82) is 0 Å². The molecule has 150 valence electrons. The highest BCUT2D eigenvalue weighted by atomic mass is 19.2. The number of carbonyl (C=O) groups is 2. The van der Waals surface area contributed by atoms with Gasteiger partial charge in [0.1, 0.15) is 12.6 Å². The van der Waals surface area contributed by atoms with Crippen LogP contribution < -0.4 is 16.2 Å². The van der Waals surface area contributed by atoms with Gasteiger partial charge in [0.05, 0.1) is 11.1 Å². The van der Waals surface area contributed by atoms with Crippen molar-refractivity contribution in [3.63, 3.8) is 0 Å². The van der Waals surface area contributed by atoms with Crippen molar-refractivity contribution >= 4 is 22.6 Å². The van der Waals surface area contributed by atoms with Crippen molar-refractivity contribution < 1.29 is 18.4 Å². The summed E-state index contributed by atoms with van der Waals surface area (Å²) in [7, 11) is 1.35. The number of carbonyl (C=O) groups excluding carboxylic acids is 2. The summed E-state index contributed by atoms with van der Waals surface area (Å²) in [6.07, 6.45) is 0. The molecule has 3 aromatic rings. The number of aromatic nitrogens is 2. The molecule has 0 radical (unpaired) electrons. The van der Waals surface area contributed by atoms with Gasteiger partial charge in [0, 0.05) is 12.4 Å². The van der Waals surface area contributed by atoms with E-state index in [-0.39, 0.29) is 5.56 Å². The molecule has 0 saturated heterocycles. The Morgan fingerprint density at radius 1 is 1.10 bits per heavy atom. The lowest BCUT2D eigenvalue weighted by Crippen LogP contribution is -2.42. The fourth-order valence-electron chi connectivity index (χ4n) is 2.99. The number of hydrogen-bond donors (Lipinski definition) is 2. The van der Waals surface area contributed by atoms with Gasteiger partial charge in [-0.1, -0.05) is 24.3 Å². The van der Waals surface area contributed by atoms with Gasteiger partial charge in [-0.25, -0.2) is 13.5 Å². The van der Waals surface area contributed by atoms with Crippen LogP contribution in [0.2, 0.25) is 0 Å². The molecule has 0 saturated carbocycles. The SMILES string of the molecule is CNC(=O)C(NC(=O)Cn1nc(C)c2ccccc2c1=O)c1ccc(F)c(F)c1. The zero-order valence-corrected chi connectivity index (χ0v) is 15.7. The molecule has 0 bridgehead atoms. The number of likely N-dealkylation sites (N-methyl/N-ethyl adjacent to an activating group) is 1. The molecule has 1 heterocycles. The van der Waals surface area contributed by atoms with Crippen molar-refractivity contribution in [2.24, 2.45) is 0 Å². The second-order valence-electron chi connectivity index (χ2n) is 6.38. The van der Waals surface area contributed by atoms with Gasteiger partial charge in [-0.3, -0.25) is 14.4 Å². The first-order chi connectivity index (χ1) is 13.8. The first-order valence-corrected chi connectivity index (χ1v) is 8.74. The number of nitrogens with one attached hydrogen (secondary N) is 2. The number of halogens is 2. The molecule has 9 heteroatoms. The molecule has 2 amide bonds. The first kappa shape index (κ1) is 20.1. The maximum atomic E-state index is 13.6. The third-order valence-electron chi connectivity index (χ3n) is 4.44. The fourth-order valence-corrected chi connectivity index (χ4v) is 2.99. The zero-order chi connectivity index (χ0) is 21.1. The molecule has 1 unspecified atom stereocenters. The molecule has 2 N–H and O–H groups in total. The highest BCUT2D eigenvalue weighted by Crippen LogP contribution is 2.17. The molecule has 1 atom stereocenters. The Kier molecular flexibility index (Phi) is 5.67. The lowest BCUT2D eigenvalue weighted by atomic mass is 10.1. The molecule has 0 aliphatic rings. The molecular formula is C20H18F2N4O3. The van der Waals surface area contributed by atoms with Gasteiger partial charge in [-0.2, -0.15) is 5.10 Å². The summed E-state index contributed by atoms with van der Waals surface area (Å²) in [6.45, 7) is 1.27. The molecule has 0 aliphatic heterocycles. The molecule has 7 nitrogen and oxygen atoms in total. The largest absolute Gasteiger partial charge is 0.357 e. The van der Waals surface area contributed by atoms with Crippen LogP contribution in [0.5, 0.6) is 0 Å². The molecule has 29 heavy (non-hydrogen) atoms. The van der Waals surface area contributed by atoms with Crippen LogP contribution >= 0.6 is 0 Å². The lowest BCUT2D eigenvalue weighted by Gasteiger charge is -2.18. The first-order valence-electron chi connectivity index (χ1n) is 8.74. The second kappa shape index (κ2) is 8.17. The van der Waals surface area contributed by atoms with Crippen molar-refractivity contribution in [2.45, 2.75) is 19.5 Å². The fraction of sp³-hybridized carbons (Fsp3) is 0.200. The summed E-state index contributed by atoms with van der Waals surface area (Å²) in [5, 5.41) is 10.0. The number of nitrogens with zero attached hydrogens (tertiary/aromatic N) is 2. The van der Waals surface area contributed by atoms with E-state index < -0.39 is 41.6 Å². The molecule has 3 rings (SSSR count). The van der Waals surface area contributed by atoms with Crippen LogP contribution in [-0.4, -0.2) is 28.6 Å². The number of fused-ring (bicyclic) bond motifs is 1. The van der Waals surface area contributed by atoms with Crippen molar-refractivity contribution in [1.82, 2.24) is 20.4 Å². The number of hydrogen-bond acceptors (Lipinski definition) is 4. The highest BCUT2D eigenvalue weighted by Gasteiger charge is 2.23. The Hall–Kier alpha value is -3.62. The Morgan fingerprint density at radius 2 is 1.79 bits per heavy atom. The zero-order valence-electron chi connectivity index (χ0n) is 15.7. The smallest absolute Gasteiger partial charge is 0.275 e. The summed E-state index contributed by atoms with van der Waals surface area (Å²) in [6, 6.07) is 8.51. The van der Waals surface area contributed by atoms with Gasteiger partial charge < -0.3 is 10.6 Å². The van der Waals surface area contributed by atoms with E-state index in [1.807, 2.05) is 0 Å². The van der Waals surface area contributed by atoms with Gasteiger partial charge in [0.25, 0.3) is 5.56 Å². The summed E-state index contributed by atoms with van der Waals surface area (Å²) in [5.74, 6) is -3.53. The molecule has 2 aromatic carbocycles. The summed E-state index contributed by atoms with van der Waals surface area (Å²) in [5.41, 5.74) is 0.175. The monoisotopic (exact) mass is 400 g/mol. The van der Waals surface area contributed by atoms with Gasteiger partial charge >= 0.3 is 0 Å². The number of aryl methyl sites for hydroxylation is 1. The van der Waals surface area contributed by atoms with E-state index >= 15 is 0 Å². The predicted octanol–water partition coefficient (Wildman–Crippen LogP) is 1.59. The minimum atomic E-state index is -1.26. The Labute approximate surface area is 164 Å². The Balaban J connectivity index is 1.88. The highest BCUT2D eigenvalue weighted by molar-refractivity contribution is 5.88. The van der Waals surface area contributed by atoms with E-state index in [0.717, 1.165) is 16.8 Å². The number of benzene rings is 2. The number of rotatable bonds is 5. The van der Waals surface area contributed by atoms with Crippen LogP contribution in [-0.2, 0) is 16.1 Å². The summed E-state index contributed by atoms with van der Waals surface area (Å²) < 4.78 is 27.8. The van der Waals surface area contributed by atoms with E-state index in [2.05, 4.69) is 15.7 Å². The predicted molar refractivity (Wildman–Crippen MR) is 102 cm³/mol. The molecule has 0 fully saturated rings. The van der Waals surface area contributed by atoms with Crippen LogP contribution in [0.3, 0.4) is 0 Å². The minimum absolute atomic E-state index is 0.0617. The van der Waals surface area contributed by atoms with Gasteiger partial charge in [-0.05, 0) is 30.7 Å². The van der Waals surface area contributed by atoms with Crippen molar-refractivity contribution in [3.05, 3.63) is 75.7 Å². The maximum Gasteiger partial charge on any atom is 0.275 e. The standard InChI is InChI=1S/C20H18F2N4O3/c1-11-13-5-3-4-6-14(13)20(29)26(25-11)10-17(27)24-18(19(28)23-2)12-7-8-15(21)16(22)9-12/h3-9,18H,10H2,1-2H3,(H,23,28)(H,24,27). The number of amides is 2. The normalized spacial score (nSPS) is 11.9. The van der Waals surface area contributed by atoms with Crippen LogP contribution in [0, 0.1) is 18.6 Å². The van der Waals surface area contributed by atoms with Crippen molar-refractivity contribution in [3.8, 4) is 0 Å². The second-order valence-corrected chi connectivity index (χ2v) is 6.38. The Bertz CT molecular complexity index is 1160. The van der Waals surface area contributed by atoms with E-state index in [4.69, 9.17) is 0 Å². The topological polar surface area (TPSA) is 93.1 Å². The van der Waals surface area contributed by atoms with E-state index in [0.29, 0.717) is 16.5 Å². The average molecular weight is 400 g/mol. The summed E-state index contributed by atoms with van der Waals surface area (Å²) in [4.78, 5) is 37.3. The van der Waals surface area contributed by atoms with Gasteiger partial charge in [0.15, 0.2) is 11.6 Å². The molecular weight excluding hydrogens is 382 g/mol. The Morgan fingerprint density at radius 3 is 2.45 bits per heavy atom. The molecule has 0 aliphatic carbocycles. The molecule has 1 aromatic heterocycles. The van der Waals surface area contributed by atoms with Gasteiger partial charge in [0.2, 0.25) is 11.8 Å². The van der Waals surface area contributed by atoms with Crippen LogP contribution in [0.15, 0.2) is 47.3 Å². The summed E-state index contributed by atoms with van der Waals surface area (Å²) >= 11 is 0. The van der Waals surface area contributed by atoms with Crippen LogP contribution in [0.25, 0.3) is 10.8 Å². The third kappa shape index (κ3) is 4.13. The van der Waals surface area contributed by atoms with E-state index in [1.54, 1.807) is 31.2 Å². The van der Waals surface area contributed by atoms with Crippen LogP contribution in [0.4, 0.5) is 8.78 Å². The minimum Gasteiger partial charge on any atom is -0.357 e.